The van der Waals surface area contributed by atoms with Gasteiger partial charge in [-0.25, -0.2) is 0 Å². The first-order chi connectivity index (χ1) is 8.21. The molecular weight excluding hydrogens is 218 g/mol. The van der Waals surface area contributed by atoms with Crippen LogP contribution in [-0.4, -0.2) is 50.3 Å². The van der Waals surface area contributed by atoms with Gasteiger partial charge in [-0.3, -0.25) is 9.69 Å². The summed E-state index contributed by atoms with van der Waals surface area (Å²) in [6.45, 7) is 3.50. The van der Waals surface area contributed by atoms with Gasteiger partial charge in [0.25, 0.3) is 0 Å². The average Bonchev–Trinajstić information content (AvgIpc) is 2.38. The number of hydrogen-bond donors (Lipinski definition) is 0. The third kappa shape index (κ3) is 4.64. The van der Waals surface area contributed by atoms with Gasteiger partial charge in [-0.2, -0.15) is 0 Å². The van der Waals surface area contributed by atoms with E-state index in [1.807, 2.05) is 0 Å². The van der Waals surface area contributed by atoms with E-state index in [9.17, 15) is 4.79 Å². The fourth-order valence-corrected chi connectivity index (χ4v) is 2.57. The molecule has 0 bridgehead atoms. The summed E-state index contributed by atoms with van der Waals surface area (Å²) in [5.74, 6) is -0.141. The topological polar surface area (TPSA) is 38.8 Å². The molecule has 17 heavy (non-hydrogen) atoms. The van der Waals surface area contributed by atoms with Gasteiger partial charge in [0, 0.05) is 13.2 Å². The maximum absolute atomic E-state index is 11.4. The van der Waals surface area contributed by atoms with E-state index in [4.69, 9.17) is 9.47 Å². The van der Waals surface area contributed by atoms with Gasteiger partial charge in [-0.05, 0) is 38.6 Å². The molecule has 4 nitrogen and oxygen atoms in total. The lowest BCUT2D eigenvalue weighted by Crippen LogP contribution is -2.43. The molecule has 1 aliphatic carbocycles. The van der Waals surface area contributed by atoms with E-state index in [0.717, 1.165) is 32.2 Å². The maximum Gasteiger partial charge on any atom is 0.319 e. The summed E-state index contributed by atoms with van der Waals surface area (Å²) in [5, 5.41) is 0. The van der Waals surface area contributed by atoms with Crippen molar-refractivity contribution in [1.29, 1.82) is 0 Å². The summed E-state index contributed by atoms with van der Waals surface area (Å²) < 4.78 is 10.2. The second-order valence-electron chi connectivity index (χ2n) is 4.72. The summed E-state index contributed by atoms with van der Waals surface area (Å²) in [6, 6.07) is 0.466. The van der Waals surface area contributed by atoms with Crippen molar-refractivity contribution in [2.45, 2.75) is 51.2 Å². The molecule has 0 saturated heterocycles. The summed E-state index contributed by atoms with van der Waals surface area (Å²) in [6.07, 6.45) is 5.94. The molecule has 0 N–H and O–H groups in total. The molecule has 0 aromatic rings. The largest absolute Gasteiger partial charge is 0.468 e. The van der Waals surface area contributed by atoms with Crippen molar-refractivity contribution in [2.24, 2.45) is 0 Å². The van der Waals surface area contributed by atoms with Crippen LogP contribution in [0.4, 0.5) is 0 Å². The molecule has 2 atom stereocenters. The monoisotopic (exact) mass is 243 g/mol. The number of nitrogens with zero attached hydrogens (tertiary/aromatic N) is 1. The number of carbonyl (C=O) groups is 1. The summed E-state index contributed by atoms with van der Waals surface area (Å²) in [7, 11) is 3.23. The molecule has 1 saturated carbocycles. The third-order valence-corrected chi connectivity index (χ3v) is 3.52. The zero-order valence-electron chi connectivity index (χ0n) is 11.3. The highest BCUT2D eigenvalue weighted by atomic mass is 16.5. The average molecular weight is 243 g/mol. The molecule has 0 amide bonds. The van der Waals surface area contributed by atoms with E-state index in [0.29, 0.717) is 18.7 Å². The van der Waals surface area contributed by atoms with Crippen LogP contribution in [0, 0.1) is 0 Å². The smallest absolute Gasteiger partial charge is 0.319 e. The van der Waals surface area contributed by atoms with Crippen LogP contribution in [0.2, 0.25) is 0 Å². The van der Waals surface area contributed by atoms with Crippen LogP contribution in [0.15, 0.2) is 0 Å². The van der Waals surface area contributed by atoms with Crippen molar-refractivity contribution in [3.05, 3.63) is 0 Å². The van der Waals surface area contributed by atoms with Crippen LogP contribution in [0.3, 0.4) is 0 Å². The number of hydrogen-bond acceptors (Lipinski definition) is 4. The first-order valence-corrected chi connectivity index (χ1v) is 6.54. The van der Waals surface area contributed by atoms with E-state index >= 15 is 0 Å². The highest BCUT2D eigenvalue weighted by Gasteiger charge is 2.27. The molecule has 1 fully saturated rings. The van der Waals surface area contributed by atoms with Gasteiger partial charge in [-0.15, -0.1) is 0 Å². The molecule has 0 spiro atoms. The van der Waals surface area contributed by atoms with Crippen molar-refractivity contribution >= 4 is 5.97 Å². The normalized spacial score (nSPS) is 24.9. The van der Waals surface area contributed by atoms with E-state index < -0.39 is 0 Å². The molecule has 0 aromatic carbocycles. The van der Waals surface area contributed by atoms with Crippen molar-refractivity contribution in [3.8, 4) is 0 Å². The minimum absolute atomic E-state index is 0.141. The molecule has 1 aliphatic rings. The van der Waals surface area contributed by atoms with Gasteiger partial charge < -0.3 is 9.47 Å². The predicted molar refractivity (Wildman–Crippen MR) is 66.9 cm³/mol. The van der Waals surface area contributed by atoms with Crippen LogP contribution < -0.4 is 0 Å². The fraction of sp³-hybridized carbons (Fsp3) is 0.923. The van der Waals surface area contributed by atoms with Gasteiger partial charge >= 0.3 is 5.97 Å². The Morgan fingerprint density at radius 3 is 2.71 bits per heavy atom. The van der Waals surface area contributed by atoms with Gasteiger partial charge in [0.2, 0.25) is 0 Å². The van der Waals surface area contributed by atoms with Crippen molar-refractivity contribution < 1.29 is 14.3 Å². The van der Waals surface area contributed by atoms with E-state index in [2.05, 4.69) is 11.8 Å². The number of carbonyl (C=O) groups excluding carboxylic acids is 1. The maximum atomic E-state index is 11.4. The fourth-order valence-electron chi connectivity index (χ4n) is 2.57. The lowest BCUT2D eigenvalue weighted by Gasteiger charge is -2.36. The Bertz CT molecular complexity index is 233. The van der Waals surface area contributed by atoms with E-state index in [1.165, 1.54) is 13.5 Å². The van der Waals surface area contributed by atoms with Crippen LogP contribution in [0.1, 0.15) is 39.0 Å². The van der Waals surface area contributed by atoms with E-state index in [-0.39, 0.29) is 5.97 Å². The Kier molecular flexibility index (Phi) is 6.52. The Hall–Kier alpha value is -0.610. The second-order valence-corrected chi connectivity index (χ2v) is 4.72. The molecule has 1 rings (SSSR count). The molecule has 0 heterocycles. The van der Waals surface area contributed by atoms with Crippen molar-refractivity contribution in [1.82, 2.24) is 4.90 Å². The van der Waals surface area contributed by atoms with Gasteiger partial charge in [0.05, 0.1) is 19.8 Å². The van der Waals surface area contributed by atoms with Crippen LogP contribution >= 0.6 is 0 Å². The third-order valence-electron chi connectivity index (χ3n) is 3.52. The summed E-state index contributed by atoms with van der Waals surface area (Å²) >= 11 is 0. The summed E-state index contributed by atoms with van der Waals surface area (Å²) in [4.78, 5) is 13.6. The first kappa shape index (κ1) is 14.5. The van der Waals surface area contributed by atoms with Crippen LogP contribution in [-0.2, 0) is 14.3 Å². The molecule has 100 valence electrons. The Labute approximate surface area is 104 Å². The SMILES string of the molecule is CCCN(CC(=O)OC)C1CCCC(OC)C1. The Morgan fingerprint density at radius 2 is 2.12 bits per heavy atom. The van der Waals surface area contributed by atoms with Crippen LogP contribution in [0.25, 0.3) is 0 Å². The quantitative estimate of drug-likeness (QED) is 0.667. The first-order valence-electron chi connectivity index (χ1n) is 6.54. The molecule has 0 radical (unpaired) electrons. The molecule has 0 aliphatic heterocycles. The zero-order chi connectivity index (χ0) is 12.7. The molecule has 0 aromatic heterocycles. The van der Waals surface area contributed by atoms with Gasteiger partial charge in [0.15, 0.2) is 0 Å². The number of esters is 1. The van der Waals surface area contributed by atoms with Gasteiger partial charge in [0.1, 0.15) is 0 Å². The minimum Gasteiger partial charge on any atom is -0.468 e. The highest BCUT2D eigenvalue weighted by Crippen LogP contribution is 2.25. The highest BCUT2D eigenvalue weighted by molar-refractivity contribution is 5.71. The minimum atomic E-state index is -0.141. The van der Waals surface area contributed by atoms with Crippen molar-refractivity contribution in [3.63, 3.8) is 0 Å². The predicted octanol–water partition coefficient (Wildman–Crippen LogP) is 1.83. The molecular formula is C13H25NO3. The molecule has 2 unspecified atom stereocenters. The van der Waals surface area contributed by atoms with Gasteiger partial charge in [-0.1, -0.05) is 6.92 Å². The lowest BCUT2D eigenvalue weighted by atomic mass is 9.91. The number of ether oxygens (including phenoxy) is 2. The lowest BCUT2D eigenvalue weighted by molar-refractivity contribution is -0.143. The number of rotatable bonds is 6. The Balaban J connectivity index is 2.52. The Morgan fingerprint density at radius 1 is 1.35 bits per heavy atom. The second kappa shape index (κ2) is 7.67. The summed E-state index contributed by atoms with van der Waals surface area (Å²) in [5.41, 5.74) is 0. The zero-order valence-corrected chi connectivity index (χ0v) is 11.3. The van der Waals surface area contributed by atoms with Crippen LogP contribution in [0.5, 0.6) is 0 Å². The standard InChI is InChI=1S/C13H25NO3/c1-4-8-14(10-13(15)17-3)11-6-5-7-12(9-11)16-2/h11-12H,4-10H2,1-3H3. The van der Waals surface area contributed by atoms with E-state index in [1.54, 1.807) is 7.11 Å². The molecule has 4 heteroatoms. The number of methoxy groups -OCH3 is 2. The van der Waals surface area contributed by atoms with Crippen molar-refractivity contribution in [2.75, 3.05) is 27.3 Å².